The Morgan fingerprint density at radius 3 is 2.50 bits per heavy atom. The van der Waals surface area contributed by atoms with Crippen LogP contribution in [-0.4, -0.2) is 72.1 Å². The Balaban J connectivity index is 1.28. The topological polar surface area (TPSA) is 156 Å². The number of carbonyl (C=O) groups is 2. The molecular weight excluding hydrogens is 512 g/mol. The zero-order chi connectivity index (χ0) is 27.8. The molecule has 0 radical (unpaired) electrons. The van der Waals surface area contributed by atoms with Crippen LogP contribution in [0.25, 0.3) is 28.0 Å². The van der Waals surface area contributed by atoms with Crippen LogP contribution in [0.2, 0.25) is 0 Å². The van der Waals surface area contributed by atoms with E-state index in [2.05, 4.69) is 35.3 Å². The van der Waals surface area contributed by atoms with E-state index in [1.807, 2.05) is 30.3 Å². The maximum atomic E-state index is 13.5. The quantitative estimate of drug-likeness (QED) is 0.243. The number of likely N-dealkylation sites (tertiary alicyclic amines) is 1. The van der Waals surface area contributed by atoms with Gasteiger partial charge in [0.15, 0.2) is 0 Å². The second kappa shape index (κ2) is 10.2. The van der Waals surface area contributed by atoms with Crippen molar-refractivity contribution in [3.8, 4) is 17.3 Å². The molecule has 12 heteroatoms. The van der Waals surface area contributed by atoms with Gasteiger partial charge >= 0.3 is 0 Å². The summed E-state index contributed by atoms with van der Waals surface area (Å²) in [6, 6.07) is 9.85. The Bertz CT molecular complexity index is 1760. The van der Waals surface area contributed by atoms with Gasteiger partial charge in [-0.3, -0.25) is 14.7 Å². The number of nitrogens with zero attached hydrogens (tertiary/aromatic N) is 6. The highest BCUT2D eigenvalue weighted by Crippen LogP contribution is 2.35. The zero-order valence-electron chi connectivity index (χ0n) is 22.2. The number of aromatic amines is 2. The number of hydrogen-bond donors (Lipinski definition) is 2. The predicted octanol–water partition coefficient (Wildman–Crippen LogP) is 3.66. The molecule has 202 valence electrons. The number of carbonyl (C=O) groups excluding carboxylic acids is 2. The van der Waals surface area contributed by atoms with Gasteiger partial charge in [-0.1, -0.05) is 35.9 Å². The van der Waals surface area contributed by atoms with E-state index in [0.29, 0.717) is 71.7 Å². The highest BCUT2D eigenvalue weighted by Gasteiger charge is 2.31. The first-order valence-corrected chi connectivity index (χ1v) is 12.8. The maximum absolute atomic E-state index is 13.5. The lowest BCUT2D eigenvalue weighted by atomic mass is 9.92. The number of Topliss-reactive ketones (excluding diaryl/α,β-unsaturated/α-hetero) is 1. The molecule has 0 bridgehead atoms. The van der Waals surface area contributed by atoms with Crippen LogP contribution in [0.1, 0.15) is 46.4 Å². The molecule has 0 saturated carbocycles. The Morgan fingerprint density at radius 1 is 1.07 bits per heavy atom. The molecule has 1 aromatic carbocycles. The van der Waals surface area contributed by atoms with Crippen molar-refractivity contribution in [2.45, 2.75) is 26.7 Å². The summed E-state index contributed by atoms with van der Waals surface area (Å²) in [4.78, 5) is 40.4. The summed E-state index contributed by atoms with van der Waals surface area (Å²) in [5.74, 6) is 1.09. The van der Waals surface area contributed by atoms with E-state index in [9.17, 15) is 9.59 Å². The molecule has 1 aliphatic heterocycles. The smallest absolute Gasteiger partial charge is 0.295 e. The van der Waals surface area contributed by atoms with E-state index in [1.54, 1.807) is 18.7 Å². The van der Waals surface area contributed by atoms with Crippen molar-refractivity contribution in [3.63, 3.8) is 0 Å². The Hall–Kier alpha value is -5.13. The molecular formula is C28H26N8O4. The van der Waals surface area contributed by atoms with E-state index in [4.69, 9.17) is 9.15 Å². The molecule has 1 fully saturated rings. The first kappa shape index (κ1) is 25.2. The molecule has 1 saturated heterocycles. The molecule has 2 N–H and O–H groups in total. The SMILES string of the molecule is COc1cnc(-c2n[nH]c(C)n2)c2[nH]cc(C(=O)C(=O)N3CCC(=C(c4ccccc4)c4nnc(C)o4)CC3)c12. The van der Waals surface area contributed by atoms with Crippen LogP contribution in [0.3, 0.4) is 0 Å². The fraction of sp³-hybridized carbons (Fsp3) is 0.250. The number of H-pyrrole nitrogens is 2. The number of ether oxygens (including phenoxy) is 1. The van der Waals surface area contributed by atoms with Crippen molar-refractivity contribution in [2.75, 3.05) is 20.2 Å². The lowest BCUT2D eigenvalue weighted by molar-refractivity contribution is -0.126. The van der Waals surface area contributed by atoms with Gasteiger partial charge in [-0.25, -0.2) is 9.97 Å². The number of pyridine rings is 1. The third-order valence-corrected chi connectivity index (χ3v) is 6.95. The lowest BCUT2D eigenvalue weighted by Crippen LogP contribution is -2.40. The lowest BCUT2D eigenvalue weighted by Gasteiger charge is -2.29. The second-order valence-corrected chi connectivity index (χ2v) is 9.46. The summed E-state index contributed by atoms with van der Waals surface area (Å²) in [5.41, 5.74) is 4.11. The number of benzene rings is 1. The van der Waals surface area contributed by atoms with Gasteiger partial charge in [0.05, 0.1) is 29.8 Å². The predicted molar refractivity (Wildman–Crippen MR) is 144 cm³/mol. The number of ketones is 1. The fourth-order valence-corrected chi connectivity index (χ4v) is 5.04. The van der Waals surface area contributed by atoms with E-state index in [-0.39, 0.29) is 5.56 Å². The van der Waals surface area contributed by atoms with Crippen LogP contribution in [0.5, 0.6) is 5.75 Å². The first-order valence-electron chi connectivity index (χ1n) is 12.8. The monoisotopic (exact) mass is 538 g/mol. The van der Waals surface area contributed by atoms with Crippen molar-refractivity contribution >= 4 is 28.2 Å². The Labute approximate surface area is 228 Å². The van der Waals surface area contributed by atoms with Crippen LogP contribution in [-0.2, 0) is 4.79 Å². The number of piperidine rings is 1. The number of fused-ring (bicyclic) bond motifs is 1. The summed E-state index contributed by atoms with van der Waals surface area (Å²) in [7, 11) is 1.49. The van der Waals surface area contributed by atoms with Gasteiger partial charge in [0.25, 0.3) is 11.7 Å². The number of hydrogen-bond acceptors (Lipinski definition) is 9. The van der Waals surface area contributed by atoms with E-state index < -0.39 is 11.7 Å². The Morgan fingerprint density at radius 2 is 1.85 bits per heavy atom. The minimum atomic E-state index is -0.629. The van der Waals surface area contributed by atoms with Gasteiger partial charge in [0, 0.05) is 31.8 Å². The average molecular weight is 539 g/mol. The molecule has 4 aromatic heterocycles. The molecule has 40 heavy (non-hydrogen) atoms. The van der Waals surface area contributed by atoms with Crippen molar-refractivity contribution in [2.24, 2.45) is 0 Å². The molecule has 12 nitrogen and oxygen atoms in total. The highest BCUT2D eigenvalue weighted by molar-refractivity contribution is 6.45. The third kappa shape index (κ3) is 4.42. The summed E-state index contributed by atoms with van der Waals surface area (Å²) in [6.45, 7) is 4.30. The summed E-state index contributed by atoms with van der Waals surface area (Å²) in [5, 5.41) is 15.7. The van der Waals surface area contributed by atoms with Crippen LogP contribution in [0.4, 0.5) is 0 Å². The molecule has 5 heterocycles. The third-order valence-electron chi connectivity index (χ3n) is 6.95. The number of aromatic nitrogens is 7. The van der Waals surface area contributed by atoms with Crippen LogP contribution < -0.4 is 4.74 Å². The second-order valence-electron chi connectivity index (χ2n) is 9.46. The molecule has 1 aliphatic rings. The minimum Gasteiger partial charge on any atom is -0.494 e. The van der Waals surface area contributed by atoms with E-state index >= 15 is 0 Å². The number of aryl methyl sites for hydroxylation is 2. The summed E-state index contributed by atoms with van der Waals surface area (Å²) >= 11 is 0. The average Bonchev–Trinajstić information content (AvgIpc) is 3.73. The molecule has 0 atom stereocenters. The van der Waals surface area contributed by atoms with E-state index in [1.165, 1.54) is 19.5 Å². The first-order chi connectivity index (χ1) is 19.4. The van der Waals surface area contributed by atoms with Gasteiger partial charge in [0.1, 0.15) is 17.3 Å². The number of methoxy groups -OCH3 is 1. The maximum Gasteiger partial charge on any atom is 0.295 e. The summed E-state index contributed by atoms with van der Waals surface area (Å²) in [6.07, 6.45) is 4.15. The normalized spacial score (nSPS) is 13.6. The zero-order valence-corrected chi connectivity index (χ0v) is 22.2. The molecule has 5 aromatic rings. The van der Waals surface area contributed by atoms with Gasteiger partial charge in [-0.05, 0) is 25.3 Å². The van der Waals surface area contributed by atoms with Crippen LogP contribution >= 0.6 is 0 Å². The van der Waals surface area contributed by atoms with Gasteiger partial charge in [0.2, 0.25) is 17.6 Å². The van der Waals surface area contributed by atoms with Crippen molar-refractivity contribution < 1.29 is 18.7 Å². The van der Waals surface area contributed by atoms with Gasteiger partial charge in [-0.15, -0.1) is 10.2 Å². The minimum absolute atomic E-state index is 0.209. The van der Waals surface area contributed by atoms with Gasteiger partial charge in [-0.2, -0.15) is 5.10 Å². The fourth-order valence-electron chi connectivity index (χ4n) is 5.04. The number of amides is 1. The molecule has 1 amide bonds. The molecule has 6 rings (SSSR count). The standard InChI is InChI=1S/C28H26N8O4/c1-15-31-26(34-32-15)24-23-22(20(39-3)14-30-24)19(13-29-23)25(37)28(38)36-11-9-18(10-12-36)21(17-7-5-4-6-8-17)27-35-33-16(2)40-27/h4-8,13-14,29H,9-12H2,1-3H3,(H,31,32,34). The van der Waals surface area contributed by atoms with E-state index in [0.717, 1.165) is 16.7 Å². The largest absolute Gasteiger partial charge is 0.494 e. The highest BCUT2D eigenvalue weighted by atomic mass is 16.5. The molecule has 0 spiro atoms. The Kier molecular flexibility index (Phi) is 6.42. The molecule has 0 unspecified atom stereocenters. The van der Waals surface area contributed by atoms with Crippen LogP contribution in [0.15, 0.2) is 52.7 Å². The van der Waals surface area contributed by atoms with Crippen LogP contribution in [0, 0.1) is 13.8 Å². The van der Waals surface area contributed by atoms with Crippen molar-refractivity contribution in [1.29, 1.82) is 0 Å². The number of rotatable bonds is 6. The van der Waals surface area contributed by atoms with Crippen molar-refractivity contribution in [1.82, 2.24) is 40.2 Å². The van der Waals surface area contributed by atoms with Crippen molar-refractivity contribution in [3.05, 3.63) is 77.0 Å². The summed E-state index contributed by atoms with van der Waals surface area (Å²) < 4.78 is 11.3. The van der Waals surface area contributed by atoms with Gasteiger partial charge < -0.3 is 19.0 Å². The number of nitrogens with one attached hydrogen (secondary N) is 2. The molecule has 0 aliphatic carbocycles.